The van der Waals surface area contributed by atoms with Gasteiger partial charge in [0.1, 0.15) is 5.56 Å². The molecule has 0 bridgehead atoms. The Hall–Kier alpha value is -2.48. The Morgan fingerprint density at radius 3 is 2.81 bits per heavy atom. The lowest BCUT2D eigenvalue weighted by Crippen LogP contribution is -2.44. The number of amides is 1. The second-order valence-electron chi connectivity index (χ2n) is 4.56. The fourth-order valence-electron chi connectivity index (χ4n) is 1.99. The quantitative estimate of drug-likeness (QED) is 0.743. The Labute approximate surface area is 120 Å². The Kier molecular flexibility index (Phi) is 4.18. The molecule has 112 valence electrons. The largest absolute Gasteiger partial charge is 0.467 e. The van der Waals surface area contributed by atoms with Crippen LogP contribution >= 0.6 is 0 Å². The molecule has 0 saturated heterocycles. The van der Waals surface area contributed by atoms with E-state index in [-0.39, 0.29) is 5.56 Å². The summed E-state index contributed by atoms with van der Waals surface area (Å²) in [5.74, 6) is -1.27. The first kappa shape index (κ1) is 14.9. The molecule has 2 aromatic rings. The van der Waals surface area contributed by atoms with E-state index in [0.29, 0.717) is 5.65 Å². The third-order valence-corrected chi connectivity index (χ3v) is 3.00. The minimum absolute atomic E-state index is 0.226. The average molecular weight is 292 g/mol. The highest BCUT2D eigenvalue weighted by atomic mass is 16.5. The van der Waals surface area contributed by atoms with Crippen LogP contribution in [0.2, 0.25) is 0 Å². The van der Waals surface area contributed by atoms with Crippen LogP contribution in [0.4, 0.5) is 0 Å². The van der Waals surface area contributed by atoms with Crippen molar-refractivity contribution in [1.29, 1.82) is 0 Å². The third-order valence-electron chi connectivity index (χ3n) is 3.00. The fourth-order valence-corrected chi connectivity index (χ4v) is 1.99. The van der Waals surface area contributed by atoms with E-state index >= 15 is 0 Å². The second-order valence-corrected chi connectivity index (χ2v) is 4.56. The molecular weight excluding hydrogens is 276 g/mol. The maximum absolute atomic E-state index is 12.2. The van der Waals surface area contributed by atoms with Crippen LogP contribution in [0.5, 0.6) is 0 Å². The first-order valence-electron chi connectivity index (χ1n) is 6.29. The molecule has 0 aliphatic carbocycles. The number of fused-ring (bicyclic) bond motifs is 1. The predicted octanol–water partition coefficient (Wildman–Crippen LogP) is -0.390. The summed E-state index contributed by atoms with van der Waals surface area (Å²) in [6.07, 6.45) is 1.37. The number of methoxy groups -OCH3 is 1. The highest BCUT2D eigenvalue weighted by molar-refractivity contribution is 6.01. The number of aromatic nitrogens is 3. The van der Waals surface area contributed by atoms with Crippen LogP contribution in [-0.4, -0.2) is 51.3 Å². The van der Waals surface area contributed by atoms with Gasteiger partial charge in [0.2, 0.25) is 0 Å². The van der Waals surface area contributed by atoms with E-state index in [4.69, 9.17) is 5.11 Å². The molecule has 0 fully saturated rings. The normalized spacial score (nSPS) is 12.2. The lowest BCUT2D eigenvalue weighted by molar-refractivity contribution is -0.143. The number of esters is 1. The van der Waals surface area contributed by atoms with E-state index in [1.165, 1.54) is 17.8 Å². The molecule has 0 aromatic carbocycles. The number of aliphatic hydroxyl groups is 1. The number of nitrogens with zero attached hydrogens (tertiary/aromatic N) is 3. The summed E-state index contributed by atoms with van der Waals surface area (Å²) in [6, 6.07) is 0.718. The smallest absolute Gasteiger partial charge is 0.330 e. The molecule has 2 aromatic heterocycles. The van der Waals surface area contributed by atoms with E-state index in [1.54, 1.807) is 0 Å². The molecule has 0 aliphatic rings. The number of hydrogen-bond acceptors (Lipinski definition) is 6. The van der Waals surface area contributed by atoms with Gasteiger partial charge in [-0.3, -0.25) is 4.79 Å². The molecule has 21 heavy (non-hydrogen) atoms. The molecule has 1 atom stereocenters. The van der Waals surface area contributed by atoms with Gasteiger partial charge < -0.3 is 15.2 Å². The zero-order valence-corrected chi connectivity index (χ0v) is 12.0. The van der Waals surface area contributed by atoms with Gasteiger partial charge in [-0.2, -0.15) is 5.10 Å². The first-order valence-corrected chi connectivity index (χ1v) is 6.29. The fraction of sp³-hybridized carbons (Fsp3) is 0.385. The lowest BCUT2D eigenvalue weighted by atomic mass is 10.2. The van der Waals surface area contributed by atoms with Crippen LogP contribution in [-0.2, 0) is 9.53 Å². The minimum atomic E-state index is -1.12. The Balaban J connectivity index is 2.34. The summed E-state index contributed by atoms with van der Waals surface area (Å²) in [7, 11) is 1.18. The van der Waals surface area contributed by atoms with Crippen molar-refractivity contribution in [3.05, 3.63) is 29.2 Å². The van der Waals surface area contributed by atoms with Crippen molar-refractivity contribution in [1.82, 2.24) is 19.9 Å². The van der Waals surface area contributed by atoms with Crippen LogP contribution in [0, 0.1) is 13.8 Å². The van der Waals surface area contributed by atoms with Crippen molar-refractivity contribution < 1.29 is 19.4 Å². The van der Waals surface area contributed by atoms with Crippen LogP contribution in [0.3, 0.4) is 0 Å². The Morgan fingerprint density at radius 2 is 2.19 bits per heavy atom. The van der Waals surface area contributed by atoms with Crippen molar-refractivity contribution in [3.8, 4) is 0 Å². The molecule has 8 heteroatoms. The zero-order valence-electron chi connectivity index (χ0n) is 12.0. The van der Waals surface area contributed by atoms with Gasteiger partial charge in [-0.15, -0.1) is 0 Å². The van der Waals surface area contributed by atoms with Crippen molar-refractivity contribution in [2.24, 2.45) is 0 Å². The molecule has 1 amide bonds. The zero-order chi connectivity index (χ0) is 15.6. The lowest BCUT2D eigenvalue weighted by Gasteiger charge is -2.13. The molecule has 2 rings (SSSR count). The van der Waals surface area contributed by atoms with E-state index in [2.05, 4.69) is 20.1 Å². The molecule has 8 nitrogen and oxygen atoms in total. The molecular formula is C13H16N4O4. The van der Waals surface area contributed by atoms with Gasteiger partial charge >= 0.3 is 5.97 Å². The topological polar surface area (TPSA) is 106 Å². The maximum Gasteiger partial charge on any atom is 0.330 e. The number of nitrogens with one attached hydrogen (secondary N) is 1. The second kappa shape index (κ2) is 5.88. The van der Waals surface area contributed by atoms with Crippen LogP contribution in [0.15, 0.2) is 12.3 Å². The van der Waals surface area contributed by atoms with Gasteiger partial charge in [-0.25, -0.2) is 14.3 Å². The number of rotatable bonds is 4. The summed E-state index contributed by atoms with van der Waals surface area (Å²) >= 11 is 0. The first-order chi connectivity index (χ1) is 9.97. The van der Waals surface area contributed by atoms with Gasteiger partial charge in [0, 0.05) is 11.4 Å². The monoisotopic (exact) mass is 292 g/mol. The summed E-state index contributed by atoms with van der Waals surface area (Å²) in [6.45, 7) is 3.11. The van der Waals surface area contributed by atoms with Crippen molar-refractivity contribution in [3.63, 3.8) is 0 Å². The minimum Gasteiger partial charge on any atom is -0.467 e. The van der Waals surface area contributed by atoms with Crippen molar-refractivity contribution >= 4 is 17.5 Å². The SMILES string of the molecule is COC(=O)[C@@H](CO)NC(=O)c1cnn2c(C)cc(C)nc12. The van der Waals surface area contributed by atoms with Crippen LogP contribution in [0.25, 0.3) is 5.65 Å². The van der Waals surface area contributed by atoms with E-state index in [9.17, 15) is 9.59 Å². The highest BCUT2D eigenvalue weighted by Gasteiger charge is 2.23. The molecule has 0 saturated carbocycles. The Bertz CT molecular complexity index is 695. The number of hydrogen-bond donors (Lipinski definition) is 2. The average Bonchev–Trinajstić information content (AvgIpc) is 2.87. The van der Waals surface area contributed by atoms with Gasteiger partial charge in [0.05, 0.1) is 19.9 Å². The molecule has 2 N–H and O–H groups in total. The summed E-state index contributed by atoms with van der Waals surface area (Å²) in [5.41, 5.74) is 2.21. The van der Waals surface area contributed by atoms with Gasteiger partial charge in [-0.05, 0) is 19.9 Å². The molecule has 2 heterocycles. The number of carbonyl (C=O) groups is 2. The standard InChI is InChI=1S/C13H16N4O4/c1-7-4-8(2)17-11(15-7)9(5-14-17)12(19)16-10(6-18)13(20)21-3/h4-5,10,18H,6H2,1-3H3,(H,16,19)/t10-/m1/s1. The van der Waals surface area contributed by atoms with Gasteiger partial charge in [0.25, 0.3) is 5.91 Å². The third kappa shape index (κ3) is 2.84. The van der Waals surface area contributed by atoms with E-state index in [1.807, 2.05) is 19.9 Å². The van der Waals surface area contributed by atoms with E-state index < -0.39 is 24.5 Å². The molecule has 0 spiro atoms. The number of aryl methyl sites for hydroxylation is 2. The number of aliphatic hydroxyl groups excluding tert-OH is 1. The summed E-state index contributed by atoms with van der Waals surface area (Å²) in [4.78, 5) is 27.9. The molecule has 0 radical (unpaired) electrons. The van der Waals surface area contributed by atoms with Crippen LogP contribution in [0.1, 0.15) is 21.7 Å². The van der Waals surface area contributed by atoms with Crippen molar-refractivity contribution in [2.45, 2.75) is 19.9 Å². The predicted molar refractivity (Wildman–Crippen MR) is 72.8 cm³/mol. The number of ether oxygens (including phenoxy) is 1. The highest BCUT2D eigenvalue weighted by Crippen LogP contribution is 2.12. The molecule has 0 unspecified atom stereocenters. The Morgan fingerprint density at radius 1 is 1.48 bits per heavy atom. The number of carbonyl (C=O) groups excluding carboxylic acids is 2. The van der Waals surface area contributed by atoms with Gasteiger partial charge in [-0.1, -0.05) is 0 Å². The van der Waals surface area contributed by atoms with Crippen LogP contribution < -0.4 is 5.32 Å². The summed E-state index contributed by atoms with van der Waals surface area (Å²) < 4.78 is 6.03. The van der Waals surface area contributed by atoms with Crippen molar-refractivity contribution in [2.75, 3.05) is 13.7 Å². The maximum atomic E-state index is 12.2. The molecule has 0 aliphatic heterocycles. The van der Waals surface area contributed by atoms with Gasteiger partial charge in [0.15, 0.2) is 11.7 Å². The summed E-state index contributed by atoms with van der Waals surface area (Å²) in [5, 5.41) is 15.6. The van der Waals surface area contributed by atoms with E-state index in [0.717, 1.165) is 11.4 Å².